The molecule has 1 aliphatic rings. The van der Waals surface area contributed by atoms with E-state index in [1.807, 2.05) is 12.1 Å². The average Bonchev–Trinajstić information content (AvgIpc) is 3.03. The van der Waals surface area contributed by atoms with E-state index in [9.17, 15) is 5.11 Å². The van der Waals surface area contributed by atoms with Crippen LogP contribution in [0, 0.1) is 0 Å². The third-order valence-corrected chi connectivity index (χ3v) is 4.89. The summed E-state index contributed by atoms with van der Waals surface area (Å²) in [5.74, 6) is 1.03. The molecule has 0 bridgehead atoms. The van der Waals surface area contributed by atoms with Crippen LogP contribution in [-0.4, -0.2) is 37.1 Å². The summed E-state index contributed by atoms with van der Waals surface area (Å²) in [6, 6.07) is 3.72. The van der Waals surface area contributed by atoms with Gasteiger partial charge in [-0.05, 0) is 25.0 Å². The van der Waals surface area contributed by atoms with Gasteiger partial charge in [-0.3, -0.25) is 4.98 Å². The Labute approximate surface area is 151 Å². The molecule has 0 amide bonds. The maximum absolute atomic E-state index is 10.1. The van der Waals surface area contributed by atoms with Gasteiger partial charge in [-0.2, -0.15) is 4.98 Å². The van der Waals surface area contributed by atoms with Crippen molar-refractivity contribution in [2.75, 3.05) is 17.2 Å². The zero-order valence-corrected chi connectivity index (χ0v) is 14.5. The number of H-pyrrole nitrogens is 1. The molecule has 4 rings (SSSR count). The van der Waals surface area contributed by atoms with Crippen molar-refractivity contribution in [3.05, 3.63) is 30.7 Å². The minimum atomic E-state index is -0.214. The lowest BCUT2D eigenvalue weighted by Crippen LogP contribution is -2.47. The molecule has 3 heterocycles. The predicted molar refractivity (Wildman–Crippen MR) is 102 cm³/mol. The van der Waals surface area contributed by atoms with E-state index in [4.69, 9.17) is 5.73 Å². The first kappa shape index (κ1) is 16.6. The normalized spacial score (nSPS) is 16.5. The van der Waals surface area contributed by atoms with Crippen molar-refractivity contribution in [2.45, 2.75) is 37.6 Å². The molecule has 0 aromatic carbocycles. The Kier molecular flexibility index (Phi) is 4.34. The van der Waals surface area contributed by atoms with Crippen LogP contribution in [0.1, 0.15) is 32.1 Å². The van der Waals surface area contributed by atoms with Crippen LogP contribution in [-0.2, 0) is 0 Å². The smallest absolute Gasteiger partial charge is 0.225 e. The second-order valence-corrected chi connectivity index (χ2v) is 6.94. The number of hydrogen-bond acceptors (Lipinski definition) is 7. The minimum Gasteiger partial charge on any atom is -0.494 e. The molecule has 6 N–H and O–H groups in total. The Hall–Kier alpha value is -2.87. The van der Waals surface area contributed by atoms with E-state index in [2.05, 4.69) is 30.6 Å². The van der Waals surface area contributed by atoms with Crippen molar-refractivity contribution < 1.29 is 5.11 Å². The maximum Gasteiger partial charge on any atom is 0.225 e. The summed E-state index contributed by atoms with van der Waals surface area (Å²) in [7, 11) is 0. The molecule has 0 unspecified atom stereocenters. The molecule has 136 valence electrons. The molecular formula is C18H23N7O. The first-order chi connectivity index (χ1) is 12.6. The van der Waals surface area contributed by atoms with Crippen LogP contribution in [0.25, 0.3) is 10.9 Å². The zero-order valence-electron chi connectivity index (χ0n) is 14.5. The number of aromatic hydroxyl groups is 1. The summed E-state index contributed by atoms with van der Waals surface area (Å²) < 4.78 is 0. The summed E-state index contributed by atoms with van der Waals surface area (Å²) in [5.41, 5.74) is 7.69. The van der Waals surface area contributed by atoms with Gasteiger partial charge in [0.15, 0.2) is 0 Å². The number of pyridine rings is 1. The van der Waals surface area contributed by atoms with Crippen LogP contribution in [0.4, 0.5) is 17.5 Å². The summed E-state index contributed by atoms with van der Waals surface area (Å²) in [5, 5.41) is 17.1. The zero-order chi connectivity index (χ0) is 18.0. The van der Waals surface area contributed by atoms with E-state index in [-0.39, 0.29) is 11.4 Å². The minimum absolute atomic E-state index is 0.0283. The van der Waals surface area contributed by atoms with Gasteiger partial charge in [0.25, 0.3) is 0 Å². The van der Waals surface area contributed by atoms with Crippen LogP contribution in [0.3, 0.4) is 0 Å². The Morgan fingerprint density at radius 2 is 2.08 bits per heavy atom. The van der Waals surface area contributed by atoms with Crippen LogP contribution in [0.2, 0.25) is 0 Å². The van der Waals surface area contributed by atoms with E-state index in [1.165, 1.54) is 6.42 Å². The molecule has 0 saturated heterocycles. The number of aromatic nitrogens is 4. The third-order valence-electron chi connectivity index (χ3n) is 4.89. The number of aromatic amines is 1. The highest BCUT2D eigenvalue weighted by molar-refractivity contribution is 5.96. The third kappa shape index (κ3) is 3.41. The quantitative estimate of drug-likeness (QED) is 0.477. The van der Waals surface area contributed by atoms with Gasteiger partial charge in [0.05, 0.1) is 17.4 Å². The molecule has 1 fully saturated rings. The van der Waals surface area contributed by atoms with Gasteiger partial charge in [-0.25, -0.2) is 4.98 Å². The molecule has 0 aliphatic heterocycles. The molecular weight excluding hydrogens is 330 g/mol. The number of anilines is 3. The van der Waals surface area contributed by atoms with E-state index in [0.29, 0.717) is 29.2 Å². The lowest BCUT2D eigenvalue weighted by atomic mass is 9.82. The fraction of sp³-hybridized carbons (Fsp3) is 0.389. The average molecular weight is 353 g/mol. The molecule has 8 nitrogen and oxygen atoms in total. The van der Waals surface area contributed by atoms with Gasteiger partial charge in [0.2, 0.25) is 11.8 Å². The monoisotopic (exact) mass is 353 g/mol. The molecule has 0 radical (unpaired) electrons. The molecule has 0 spiro atoms. The lowest BCUT2D eigenvalue weighted by molar-refractivity contribution is 0.311. The number of fused-ring (bicyclic) bond motifs is 1. The molecule has 0 atom stereocenters. The molecule has 1 aliphatic carbocycles. The predicted octanol–water partition coefficient (Wildman–Crippen LogP) is 2.88. The Morgan fingerprint density at radius 1 is 1.23 bits per heavy atom. The lowest BCUT2D eigenvalue weighted by Gasteiger charge is -2.33. The number of hydrogen-bond donors (Lipinski definition) is 5. The molecule has 3 aromatic rings. The summed E-state index contributed by atoms with van der Waals surface area (Å²) in [6.07, 6.45) is 10.7. The van der Waals surface area contributed by atoms with Gasteiger partial charge < -0.3 is 26.5 Å². The van der Waals surface area contributed by atoms with Gasteiger partial charge in [0, 0.05) is 24.5 Å². The second kappa shape index (κ2) is 6.80. The highest BCUT2D eigenvalue weighted by Gasteiger charge is 2.27. The number of rotatable bonds is 5. The fourth-order valence-electron chi connectivity index (χ4n) is 3.46. The standard InChI is InChI=1S/C18H23N7O/c19-18(6-2-1-3-7-18)11-22-17-24-13-10-21-16(26)14(13)15(25-17)23-12-5-4-8-20-9-12/h4-5,8-10,21,26H,1-3,6-7,11,19H2,(H2,22,23,24,25). The van der Waals surface area contributed by atoms with Crippen LogP contribution >= 0.6 is 0 Å². The van der Waals surface area contributed by atoms with Crippen molar-refractivity contribution in [3.63, 3.8) is 0 Å². The van der Waals surface area contributed by atoms with E-state index in [1.54, 1.807) is 18.6 Å². The largest absolute Gasteiger partial charge is 0.494 e. The van der Waals surface area contributed by atoms with E-state index in [0.717, 1.165) is 31.4 Å². The van der Waals surface area contributed by atoms with Crippen LogP contribution < -0.4 is 16.4 Å². The van der Waals surface area contributed by atoms with Gasteiger partial charge in [-0.15, -0.1) is 0 Å². The summed E-state index contributed by atoms with van der Waals surface area (Å²) in [4.78, 5) is 15.9. The molecule has 26 heavy (non-hydrogen) atoms. The van der Waals surface area contributed by atoms with E-state index < -0.39 is 0 Å². The summed E-state index contributed by atoms with van der Waals surface area (Å²) in [6.45, 7) is 0.626. The molecule has 3 aromatic heterocycles. The second-order valence-electron chi connectivity index (χ2n) is 6.94. The first-order valence-electron chi connectivity index (χ1n) is 8.91. The Bertz CT molecular complexity index is 887. The summed E-state index contributed by atoms with van der Waals surface area (Å²) >= 11 is 0. The highest BCUT2D eigenvalue weighted by atomic mass is 16.3. The SMILES string of the molecule is NC1(CNc2nc(Nc3cccnc3)c3c(O)[nH]cc3n2)CCCCC1. The van der Waals surface area contributed by atoms with Crippen molar-refractivity contribution in [1.29, 1.82) is 0 Å². The Balaban J connectivity index is 1.61. The van der Waals surface area contributed by atoms with Gasteiger partial charge >= 0.3 is 0 Å². The Morgan fingerprint density at radius 3 is 2.85 bits per heavy atom. The van der Waals surface area contributed by atoms with Crippen LogP contribution in [0.15, 0.2) is 30.7 Å². The number of nitrogens with one attached hydrogen (secondary N) is 3. The van der Waals surface area contributed by atoms with Crippen molar-refractivity contribution in [1.82, 2.24) is 19.9 Å². The first-order valence-corrected chi connectivity index (χ1v) is 8.91. The topological polar surface area (TPSA) is 125 Å². The maximum atomic E-state index is 10.1. The molecule has 1 saturated carbocycles. The fourth-order valence-corrected chi connectivity index (χ4v) is 3.46. The number of nitrogens with two attached hydrogens (primary N) is 1. The van der Waals surface area contributed by atoms with Gasteiger partial charge in [-0.1, -0.05) is 19.3 Å². The number of nitrogens with zero attached hydrogens (tertiary/aromatic N) is 3. The van der Waals surface area contributed by atoms with Gasteiger partial charge in [0.1, 0.15) is 11.2 Å². The highest BCUT2D eigenvalue weighted by Crippen LogP contribution is 2.32. The van der Waals surface area contributed by atoms with Crippen molar-refractivity contribution >= 4 is 28.4 Å². The van der Waals surface area contributed by atoms with E-state index >= 15 is 0 Å². The van der Waals surface area contributed by atoms with Crippen molar-refractivity contribution in [2.24, 2.45) is 5.73 Å². The van der Waals surface area contributed by atoms with Crippen LogP contribution in [0.5, 0.6) is 5.88 Å². The van der Waals surface area contributed by atoms with Crippen molar-refractivity contribution in [3.8, 4) is 5.88 Å². The molecule has 8 heteroatoms.